The highest BCUT2D eigenvalue weighted by Crippen LogP contribution is 2.16. The van der Waals surface area contributed by atoms with E-state index in [1.54, 1.807) is 18.4 Å². The number of thiol groups is 1. The smallest absolute Gasteiger partial charge is 0.251 e. The molecule has 0 saturated heterocycles. The third kappa shape index (κ3) is 2.73. The van der Waals surface area contributed by atoms with Crippen molar-refractivity contribution in [2.45, 2.75) is 17.9 Å². The van der Waals surface area contributed by atoms with Crippen LogP contribution in [0.2, 0.25) is 0 Å². The second kappa shape index (κ2) is 5.27. The van der Waals surface area contributed by atoms with Gasteiger partial charge in [-0.3, -0.25) is 4.79 Å². The first-order chi connectivity index (χ1) is 8.58. The van der Waals surface area contributed by atoms with E-state index in [1.165, 1.54) is 18.2 Å². The Morgan fingerprint density at radius 2 is 2.22 bits per heavy atom. The summed E-state index contributed by atoms with van der Waals surface area (Å²) >= 11 is 3.94. The van der Waals surface area contributed by atoms with Crippen LogP contribution in [-0.4, -0.2) is 5.91 Å². The first kappa shape index (κ1) is 12.7. The van der Waals surface area contributed by atoms with E-state index in [0.29, 0.717) is 11.3 Å². The molecule has 3 nitrogen and oxygen atoms in total. The van der Waals surface area contributed by atoms with Gasteiger partial charge in [-0.2, -0.15) is 0 Å². The van der Waals surface area contributed by atoms with Crippen molar-refractivity contribution < 1.29 is 13.6 Å². The lowest BCUT2D eigenvalue weighted by Gasteiger charge is -2.11. The largest absolute Gasteiger partial charge is 0.467 e. The summed E-state index contributed by atoms with van der Waals surface area (Å²) in [7, 11) is 0. The van der Waals surface area contributed by atoms with Crippen molar-refractivity contribution in [3.63, 3.8) is 0 Å². The van der Waals surface area contributed by atoms with Gasteiger partial charge < -0.3 is 9.73 Å². The first-order valence-electron chi connectivity index (χ1n) is 5.40. The van der Waals surface area contributed by atoms with E-state index in [2.05, 4.69) is 17.9 Å². The summed E-state index contributed by atoms with van der Waals surface area (Å²) in [5.41, 5.74) is 0.361. The van der Waals surface area contributed by atoms with E-state index < -0.39 is 5.82 Å². The quantitative estimate of drug-likeness (QED) is 0.837. The fraction of sp³-hybridized carbons (Fsp3) is 0.154. The third-order valence-electron chi connectivity index (χ3n) is 2.53. The Balaban J connectivity index is 2.10. The molecule has 1 atom stereocenters. The zero-order chi connectivity index (χ0) is 13.1. The molecule has 0 aliphatic heterocycles. The summed E-state index contributed by atoms with van der Waals surface area (Å²) in [6, 6.07) is 7.30. The third-order valence-corrected chi connectivity index (χ3v) is 2.87. The number of benzene rings is 1. The molecule has 1 amide bonds. The Morgan fingerprint density at radius 1 is 1.44 bits per heavy atom. The number of nitrogens with one attached hydrogen (secondary N) is 1. The maximum absolute atomic E-state index is 13.0. The number of furan rings is 1. The molecule has 0 aliphatic rings. The summed E-state index contributed by atoms with van der Waals surface area (Å²) in [5, 5.41) is 2.76. The van der Waals surface area contributed by atoms with Gasteiger partial charge in [0, 0.05) is 10.5 Å². The second-order valence-electron chi connectivity index (χ2n) is 3.88. The van der Waals surface area contributed by atoms with E-state index in [1.807, 2.05) is 6.92 Å². The van der Waals surface area contributed by atoms with Crippen LogP contribution in [0.4, 0.5) is 4.39 Å². The lowest BCUT2D eigenvalue weighted by atomic mass is 10.2. The molecule has 0 fully saturated rings. The Bertz CT molecular complexity index is 554. The first-order valence-corrected chi connectivity index (χ1v) is 5.85. The van der Waals surface area contributed by atoms with Crippen molar-refractivity contribution in [2.24, 2.45) is 0 Å². The standard InChI is InChI=1S/C13H12FNO2S/c1-8(11-3-2-6-17-11)15-13(16)9-4-5-10(14)12(18)7-9/h2-8,18H,1H3,(H,15,16). The molecule has 0 saturated carbocycles. The van der Waals surface area contributed by atoms with Gasteiger partial charge in [0.25, 0.3) is 5.91 Å². The van der Waals surface area contributed by atoms with Gasteiger partial charge in [0.1, 0.15) is 11.6 Å². The van der Waals surface area contributed by atoms with Crippen molar-refractivity contribution in [3.8, 4) is 0 Å². The van der Waals surface area contributed by atoms with Gasteiger partial charge in [0.15, 0.2) is 0 Å². The topological polar surface area (TPSA) is 42.2 Å². The maximum Gasteiger partial charge on any atom is 0.251 e. The van der Waals surface area contributed by atoms with Gasteiger partial charge in [-0.1, -0.05) is 0 Å². The summed E-state index contributed by atoms with van der Waals surface area (Å²) in [5.74, 6) is -0.0836. The van der Waals surface area contributed by atoms with E-state index in [4.69, 9.17) is 4.42 Å². The average molecular weight is 265 g/mol. The van der Waals surface area contributed by atoms with Crippen LogP contribution < -0.4 is 5.32 Å². The van der Waals surface area contributed by atoms with Crippen LogP contribution in [0.5, 0.6) is 0 Å². The molecule has 1 unspecified atom stereocenters. The molecular weight excluding hydrogens is 253 g/mol. The van der Waals surface area contributed by atoms with E-state index in [9.17, 15) is 9.18 Å². The Morgan fingerprint density at radius 3 is 2.83 bits per heavy atom. The van der Waals surface area contributed by atoms with Gasteiger partial charge in [-0.15, -0.1) is 12.6 Å². The molecule has 1 aromatic heterocycles. The van der Waals surface area contributed by atoms with Crippen LogP contribution in [0.1, 0.15) is 29.1 Å². The number of halogens is 1. The van der Waals surface area contributed by atoms with Gasteiger partial charge in [-0.05, 0) is 37.3 Å². The number of hydrogen-bond donors (Lipinski definition) is 2. The van der Waals surface area contributed by atoms with Crippen LogP contribution in [0.15, 0.2) is 45.9 Å². The fourth-order valence-corrected chi connectivity index (χ4v) is 1.76. The predicted octanol–water partition coefficient (Wildman–Crippen LogP) is 3.20. The number of amides is 1. The highest BCUT2D eigenvalue weighted by atomic mass is 32.1. The van der Waals surface area contributed by atoms with Gasteiger partial charge >= 0.3 is 0 Å². The minimum absolute atomic E-state index is 0.147. The molecule has 2 rings (SSSR count). The molecule has 1 aromatic carbocycles. The molecule has 1 heterocycles. The van der Waals surface area contributed by atoms with Gasteiger partial charge in [0.2, 0.25) is 0 Å². The molecular formula is C13H12FNO2S. The van der Waals surface area contributed by atoms with E-state index in [0.717, 1.165) is 0 Å². The van der Waals surface area contributed by atoms with Crippen LogP contribution in [-0.2, 0) is 0 Å². The molecule has 0 aliphatic carbocycles. The molecule has 0 radical (unpaired) electrons. The minimum Gasteiger partial charge on any atom is -0.467 e. The molecule has 94 valence electrons. The van der Waals surface area contributed by atoms with Crippen LogP contribution in [0, 0.1) is 5.82 Å². The number of hydrogen-bond acceptors (Lipinski definition) is 3. The molecule has 0 bridgehead atoms. The molecule has 1 N–H and O–H groups in total. The minimum atomic E-state index is -0.450. The summed E-state index contributed by atoms with van der Waals surface area (Å²) in [6.07, 6.45) is 1.54. The number of rotatable bonds is 3. The normalized spacial score (nSPS) is 12.2. The SMILES string of the molecule is CC(NC(=O)c1ccc(F)c(S)c1)c1ccco1. The van der Waals surface area contributed by atoms with E-state index >= 15 is 0 Å². The molecule has 2 aromatic rings. The second-order valence-corrected chi connectivity index (χ2v) is 4.36. The fourth-order valence-electron chi connectivity index (χ4n) is 1.54. The van der Waals surface area contributed by atoms with Crippen molar-refractivity contribution in [3.05, 3.63) is 53.7 Å². The predicted molar refractivity (Wildman–Crippen MR) is 68.2 cm³/mol. The zero-order valence-corrected chi connectivity index (χ0v) is 10.6. The van der Waals surface area contributed by atoms with Crippen LogP contribution in [0.25, 0.3) is 0 Å². The average Bonchev–Trinajstić information content (AvgIpc) is 2.86. The molecule has 0 spiro atoms. The highest BCUT2D eigenvalue weighted by Gasteiger charge is 2.14. The lowest BCUT2D eigenvalue weighted by molar-refractivity contribution is 0.0935. The Kier molecular flexibility index (Phi) is 3.72. The molecule has 18 heavy (non-hydrogen) atoms. The Labute approximate surface area is 109 Å². The van der Waals surface area contributed by atoms with Gasteiger partial charge in [0.05, 0.1) is 12.3 Å². The van der Waals surface area contributed by atoms with Crippen LogP contribution >= 0.6 is 12.6 Å². The lowest BCUT2D eigenvalue weighted by Crippen LogP contribution is -2.26. The highest BCUT2D eigenvalue weighted by molar-refractivity contribution is 7.80. The zero-order valence-electron chi connectivity index (χ0n) is 9.68. The number of carbonyl (C=O) groups excluding carboxylic acids is 1. The number of carbonyl (C=O) groups is 1. The summed E-state index contributed by atoms with van der Waals surface area (Å²) in [4.78, 5) is 12.1. The van der Waals surface area contributed by atoms with Crippen molar-refractivity contribution in [1.29, 1.82) is 0 Å². The van der Waals surface area contributed by atoms with E-state index in [-0.39, 0.29) is 16.8 Å². The summed E-state index contributed by atoms with van der Waals surface area (Å²) in [6.45, 7) is 1.81. The van der Waals surface area contributed by atoms with Crippen molar-refractivity contribution in [2.75, 3.05) is 0 Å². The molecule has 5 heteroatoms. The van der Waals surface area contributed by atoms with Crippen molar-refractivity contribution >= 4 is 18.5 Å². The van der Waals surface area contributed by atoms with Crippen LogP contribution in [0.3, 0.4) is 0 Å². The monoisotopic (exact) mass is 265 g/mol. The maximum atomic E-state index is 13.0. The summed E-state index contributed by atoms with van der Waals surface area (Å²) < 4.78 is 18.2. The Hall–Kier alpha value is -1.75. The van der Waals surface area contributed by atoms with Gasteiger partial charge in [-0.25, -0.2) is 4.39 Å². The van der Waals surface area contributed by atoms with Crippen molar-refractivity contribution in [1.82, 2.24) is 5.32 Å².